The first-order chi connectivity index (χ1) is 12.3. The first kappa shape index (κ1) is 17.5. The molecule has 1 aliphatic carbocycles. The Morgan fingerprint density at radius 1 is 1.20 bits per heavy atom. The molecule has 2 aromatic rings. The Balaban J connectivity index is 0.000000569. The molecule has 2 heterocycles. The van der Waals surface area contributed by atoms with Crippen molar-refractivity contribution >= 4 is 6.47 Å². The van der Waals surface area contributed by atoms with Crippen LogP contribution in [0.4, 0.5) is 0 Å². The van der Waals surface area contributed by atoms with Crippen molar-refractivity contribution in [1.29, 1.82) is 0 Å². The lowest BCUT2D eigenvalue weighted by Gasteiger charge is -2.15. The number of carbonyl (C=O) groups is 1. The third-order valence-electron chi connectivity index (χ3n) is 4.69. The number of imidazole rings is 1. The molecule has 6 nitrogen and oxygen atoms in total. The van der Waals surface area contributed by atoms with Gasteiger partial charge in [0.25, 0.3) is 6.47 Å². The van der Waals surface area contributed by atoms with E-state index < -0.39 is 0 Å². The number of hydrogen-bond donors (Lipinski definition) is 1. The summed E-state index contributed by atoms with van der Waals surface area (Å²) in [5.41, 5.74) is 1.13. The van der Waals surface area contributed by atoms with Crippen LogP contribution in [0.3, 0.4) is 0 Å². The van der Waals surface area contributed by atoms with E-state index in [0.717, 1.165) is 36.8 Å². The first-order valence-electron chi connectivity index (χ1n) is 8.77. The van der Waals surface area contributed by atoms with Crippen LogP contribution >= 0.6 is 0 Å². The SMILES string of the molecule is O=CO.c1cn(C2CCOC2)c(-c2ccc(OC3CCCC3)cc2)n1. The molecule has 0 spiro atoms. The number of hydrogen-bond acceptors (Lipinski definition) is 4. The fourth-order valence-electron chi connectivity index (χ4n) is 3.45. The van der Waals surface area contributed by atoms with Crippen molar-refractivity contribution in [2.24, 2.45) is 0 Å². The van der Waals surface area contributed by atoms with E-state index in [0.29, 0.717) is 12.1 Å². The van der Waals surface area contributed by atoms with Crippen LogP contribution in [0, 0.1) is 0 Å². The summed E-state index contributed by atoms with van der Waals surface area (Å²) in [6.45, 7) is 1.38. The third kappa shape index (κ3) is 4.39. The van der Waals surface area contributed by atoms with Gasteiger partial charge in [-0.1, -0.05) is 0 Å². The predicted molar refractivity (Wildman–Crippen MR) is 93.7 cm³/mol. The highest BCUT2D eigenvalue weighted by molar-refractivity contribution is 5.57. The molecule has 0 radical (unpaired) electrons. The van der Waals surface area contributed by atoms with Gasteiger partial charge >= 0.3 is 0 Å². The Bertz CT molecular complexity index is 656. The van der Waals surface area contributed by atoms with Crippen LogP contribution < -0.4 is 4.74 Å². The first-order valence-corrected chi connectivity index (χ1v) is 8.77. The molecule has 1 unspecified atom stereocenters. The van der Waals surface area contributed by atoms with E-state index in [1.54, 1.807) is 0 Å². The second-order valence-corrected chi connectivity index (χ2v) is 6.33. The smallest absolute Gasteiger partial charge is 0.290 e. The Kier molecular flexibility index (Phi) is 6.06. The van der Waals surface area contributed by atoms with Gasteiger partial charge in [0.1, 0.15) is 11.6 Å². The number of nitrogens with zero attached hydrogens (tertiary/aromatic N) is 2. The van der Waals surface area contributed by atoms with E-state index >= 15 is 0 Å². The molecule has 1 atom stereocenters. The zero-order valence-electron chi connectivity index (χ0n) is 14.2. The molecule has 0 bridgehead atoms. The minimum Gasteiger partial charge on any atom is -0.490 e. The molecule has 1 N–H and O–H groups in total. The van der Waals surface area contributed by atoms with Crippen molar-refractivity contribution in [1.82, 2.24) is 9.55 Å². The van der Waals surface area contributed by atoms with Crippen LogP contribution in [0.2, 0.25) is 0 Å². The Morgan fingerprint density at radius 3 is 2.56 bits per heavy atom. The molecule has 1 saturated heterocycles. The second kappa shape index (κ2) is 8.67. The molecule has 1 aliphatic heterocycles. The van der Waals surface area contributed by atoms with E-state index in [4.69, 9.17) is 19.4 Å². The summed E-state index contributed by atoms with van der Waals surface area (Å²) >= 11 is 0. The van der Waals surface area contributed by atoms with Crippen molar-refractivity contribution in [3.05, 3.63) is 36.7 Å². The summed E-state index contributed by atoms with van der Waals surface area (Å²) in [5, 5.41) is 6.89. The van der Waals surface area contributed by atoms with E-state index in [-0.39, 0.29) is 6.47 Å². The molecular formula is C19H24N2O4. The maximum absolute atomic E-state index is 8.36. The van der Waals surface area contributed by atoms with Gasteiger partial charge in [-0.2, -0.15) is 0 Å². The molecule has 2 aliphatic rings. The molecule has 1 saturated carbocycles. The Labute approximate surface area is 147 Å². The Hall–Kier alpha value is -2.34. The zero-order chi connectivity index (χ0) is 17.5. The average Bonchev–Trinajstić information content (AvgIpc) is 3.38. The molecule has 25 heavy (non-hydrogen) atoms. The number of aromatic nitrogens is 2. The minimum atomic E-state index is -0.250. The predicted octanol–water partition coefficient (Wildman–Crippen LogP) is 3.53. The van der Waals surface area contributed by atoms with Crippen LogP contribution in [0.15, 0.2) is 36.7 Å². The summed E-state index contributed by atoms with van der Waals surface area (Å²) < 4.78 is 13.8. The monoisotopic (exact) mass is 344 g/mol. The van der Waals surface area contributed by atoms with Gasteiger partial charge in [-0.05, 0) is 56.4 Å². The Morgan fingerprint density at radius 2 is 1.92 bits per heavy atom. The molecule has 0 amide bonds. The van der Waals surface area contributed by atoms with Crippen molar-refractivity contribution < 1.29 is 19.4 Å². The molecular weight excluding hydrogens is 320 g/mol. The summed E-state index contributed by atoms with van der Waals surface area (Å²) in [7, 11) is 0. The summed E-state index contributed by atoms with van der Waals surface area (Å²) in [6, 6.07) is 8.76. The zero-order valence-corrected chi connectivity index (χ0v) is 14.2. The van der Waals surface area contributed by atoms with Gasteiger partial charge in [-0.15, -0.1) is 0 Å². The highest BCUT2D eigenvalue weighted by atomic mass is 16.5. The van der Waals surface area contributed by atoms with Crippen LogP contribution in [0.1, 0.15) is 38.1 Å². The van der Waals surface area contributed by atoms with Crippen LogP contribution in [-0.2, 0) is 9.53 Å². The number of rotatable bonds is 4. The van der Waals surface area contributed by atoms with Crippen molar-refractivity contribution in [3.8, 4) is 17.1 Å². The van der Waals surface area contributed by atoms with Crippen molar-refractivity contribution in [3.63, 3.8) is 0 Å². The van der Waals surface area contributed by atoms with Gasteiger partial charge in [0.2, 0.25) is 0 Å². The largest absolute Gasteiger partial charge is 0.490 e. The van der Waals surface area contributed by atoms with Crippen LogP contribution in [0.25, 0.3) is 11.4 Å². The van der Waals surface area contributed by atoms with Gasteiger partial charge in [0.05, 0.1) is 18.8 Å². The van der Waals surface area contributed by atoms with E-state index in [2.05, 4.69) is 40.0 Å². The molecule has 6 heteroatoms. The molecule has 4 rings (SSSR count). The lowest BCUT2D eigenvalue weighted by atomic mass is 10.2. The van der Waals surface area contributed by atoms with E-state index in [1.807, 2.05) is 6.20 Å². The molecule has 1 aromatic carbocycles. The standard InChI is InChI=1S/C18H22N2O2.CH2O2/c1-2-4-16(3-1)22-17-7-5-14(6-8-17)18-19-10-11-20(18)15-9-12-21-13-15;2-1-3/h5-8,10-11,15-16H,1-4,9,12-13H2;1H,(H,2,3). The van der Waals surface area contributed by atoms with Gasteiger partial charge in [0, 0.05) is 24.6 Å². The van der Waals surface area contributed by atoms with E-state index in [1.165, 1.54) is 25.7 Å². The highest BCUT2D eigenvalue weighted by Gasteiger charge is 2.21. The summed E-state index contributed by atoms with van der Waals surface area (Å²) in [6.07, 6.45) is 10.4. The van der Waals surface area contributed by atoms with E-state index in [9.17, 15) is 0 Å². The molecule has 1 aromatic heterocycles. The van der Waals surface area contributed by atoms with Crippen LogP contribution in [-0.4, -0.2) is 40.4 Å². The van der Waals surface area contributed by atoms with Gasteiger partial charge in [0.15, 0.2) is 0 Å². The lowest BCUT2D eigenvalue weighted by Crippen LogP contribution is -2.11. The van der Waals surface area contributed by atoms with Crippen molar-refractivity contribution in [2.45, 2.75) is 44.2 Å². The number of ether oxygens (including phenoxy) is 2. The number of benzene rings is 1. The van der Waals surface area contributed by atoms with Crippen LogP contribution in [0.5, 0.6) is 5.75 Å². The topological polar surface area (TPSA) is 73.6 Å². The minimum absolute atomic E-state index is 0.250. The normalized spacial score (nSPS) is 20.1. The lowest BCUT2D eigenvalue weighted by molar-refractivity contribution is -0.122. The van der Waals surface area contributed by atoms with Gasteiger partial charge in [-0.3, -0.25) is 4.79 Å². The quantitative estimate of drug-likeness (QED) is 0.859. The highest BCUT2D eigenvalue weighted by Crippen LogP contribution is 2.29. The van der Waals surface area contributed by atoms with Gasteiger partial charge < -0.3 is 19.1 Å². The van der Waals surface area contributed by atoms with Gasteiger partial charge in [-0.25, -0.2) is 4.98 Å². The maximum Gasteiger partial charge on any atom is 0.290 e. The maximum atomic E-state index is 8.36. The fourth-order valence-corrected chi connectivity index (χ4v) is 3.45. The third-order valence-corrected chi connectivity index (χ3v) is 4.69. The second-order valence-electron chi connectivity index (χ2n) is 6.33. The number of carboxylic acid groups (broad SMARTS) is 1. The summed E-state index contributed by atoms with van der Waals surface area (Å²) in [5.74, 6) is 1.99. The fraction of sp³-hybridized carbons (Fsp3) is 0.474. The summed E-state index contributed by atoms with van der Waals surface area (Å²) in [4.78, 5) is 12.9. The molecule has 2 fully saturated rings. The average molecular weight is 344 g/mol. The molecule has 134 valence electrons. The van der Waals surface area contributed by atoms with Crippen molar-refractivity contribution in [2.75, 3.05) is 13.2 Å².